The van der Waals surface area contributed by atoms with E-state index in [0.29, 0.717) is 12.3 Å². The van der Waals surface area contributed by atoms with Crippen molar-refractivity contribution in [3.8, 4) is 0 Å². The van der Waals surface area contributed by atoms with Crippen molar-refractivity contribution in [2.75, 3.05) is 39.3 Å². The zero-order valence-electron chi connectivity index (χ0n) is 10.7. The number of nitrogens with one attached hydrogen (secondary N) is 2. The zero-order chi connectivity index (χ0) is 11.9. The first-order valence-corrected chi connectivity index (χ1v) is 7.04. The van der Waals surface area contributed by atoms with Crippen LogP contribution in [0.15, 0.2) is 0 Å². The number of amides is 1. The van der Waals surface area contributed by atoms with Crippen LogP contribution in [-0.2, 0) is 4.79 Å². The second kappa shape index (κ2) is 6.97. The lowest BCUT2D eigenvalue weighted by molar-refractivity contribution is -0.121. The number of hydrogen-bond acceptors (Lipinski definition) is 3. The Morgan fingerprint density at radius 3 is 2.82 bits per heavy atom. The van der Waals surface area contributed by atoms with Crippen LogP contribution >= 0.6 is 0 Å². The molecule has 4 nitrogen and oxygen atoms in total. The van der Waals surface area contributed by atoms with E-state index in [1.807, 2.05) is 0 Å². The molecule has 0 saturated carbocycles. The summed E-state index contributed by atoms with van der Waals surface area (Å²) in [5, 5.41) is 6.45. The van der Waals surface area contributed by atoms with Crippen LogP contribution in [0.4, 0.5) is 0 Å². The molecule has 0 spiro atoms. The summed E-state index contributed by atoms with van der Waals surface area (Å²) in [5.74, 6) is 0.863. The summed E-state index contributed by atoms with van der Waals surface area (Å²) in [6.45, 7) is 6.35. The maximum atomic E-state index is 11.7. The summed E-state index contributed by atoms with van der Waals surface area (Å²) in [6.07, 6.45) is 5.76. The van der Waals surface area contributed by atoms with Gasteiger partial charge in [-0.15, -0.1) is 0 Å². The third-order valence-corrected chi connectivity index (χ3v) is 3.84. The van der Waals surface area contributed by atoms with Gasteiger partial charge in [-0.25, -0.2) is 0 Å². The molecule has 0 bridgehead atoms. The minimum Gasteiger partial charge on any atom is -0.356 e. The van der Waals surface area contributed by atoms with E-state index in [9.17, 15) is 4.79 Å². The number of nitrogens with zero attached hydrogens (tertiary/aromatic N) is 1. The molecule has 2 aliphatic rings. The summed E-state index contributed by atoms with van der Waals surface area (Å²) in [5.41, 5.74) is 0. The van der Waals surface area contributed by atoms with Gasteiger partial charge in [-0.3, -0.25) is 4.79 Å². The third-order valence-electron chi connectivity index (χ3n) is 3.84. The Morgan fingerprint density at radius 1 is 1.29 bits per heavy atom. The number of likely N-dealkylation sites (tertiary alicyclic amines) is 1. The summed E-state index contributed by atoms with van der Waals surface area (Å²) in [7, 11) is 0. The smallest absolute Gasteiger partial charge is 0.221 e. The molecule has 0 aromatic rings. The van der Waals surface area contributed by atoms with E-state index in [-0.39, 0.29) is 5.91 Å². The Labute approximate surface area is 104 Å². The average molecular weight is 239 g/mol. The van der Waals surface area contributed by atoms with Crippen LogP contribution in [0.3, 0.4) is 0 Å². The van der Waals surface area contributed by atoms with Crippen molar-refractivity contribution in [1.82, 2.24) is 15.5 Å². The molecule has 98 valence electrons. The third kappa shape index (κ3) is 4.64. The van der Waals surface area contributed by atoms with Gasteiger partial charge in [0.2, 0.25) is 5.91 Å². The molecule has 1 atom stereocenters. The van der Waals surface area contributed by atoms with Crippen LogP contribution in [0.25, 0.3) is 0 Å². The largest absolute Gasteiger partial charge is 0.356 e. The first-order chi connectivity index (χ1) is 8.34. The highest BCUT2D eigenvalue weighted by Gasteiger charge is 2.15. The Hall–Kier alpha value is -0.610. The van der Waals surface area contributed by atoms with E-state index in [0.717, 1.165) is 26.2 Å². The highest BCUT2D eigenvalue weighted by Crippen LogP contribution is 2.09. The number of rotatable bonds is 5. The van der Waals surface area contributed by atoms with Crippen molar-refractivity contribution in [3.63, 3.8) is 0 Å². The topological polar surface area (TPSA) is 44.4 Å². The molecule has 2 N–H and O–H groups in total. The van der Waals surface area contributed by atoms with E-state index < -0.39 is 0 Å². The summed E-state index contributed by atoms with van der Waals surface area (Å²) >= 11 is 0. The van der Waals surface area contributed by atoms with Crippen molar-refractivity contribution in [2.24, 2.45) is 5.92 Å². The van der Waals surface area contributed by atoms with Gasteiger partial charge in [0, 0.05) is 19.5 Å². The highest BCUT2D eigenvalue weighted by atomic mass is 16.1. The molecule has 17 heavy (non-hydrogen) atoms. The minimum atomic E-state index is 0.225. The van der Waals surface area contributed by atoms with Crippen LogP contribution in [0.1, 0.15) is 32.1 Å². The lowest BCUT2D eigenvalue weighted by Gasteiger charge is -2.23. The van der Waals surface area contributed by atoms with Gasteiger partial charge < -0.3 is 15.5 Å². The summed E-state index contributed by atoms with van der Waals surface area (Å²) in [6, 6.07) is 0. The Kier molecular flexibility index (Phi) is 5.26. The molecule has 2 fully saturated rings. The summed E-state index contributed by atoms with van der Waals surface area (Å²) < 4.78 is 0. The molecule has 4 heteroatoms. The van der Waals surface area contributed by atoms with E-state index in [1.165, 1.54) is 38.8 Å². The second-order valence-electron chi connectivity index (χ2n) is 5.32. The number of carbonyl (C=O) groups excluding carboxylic acids is 1. The molecule has 0 aromatic carbocycles. The quantitative estimate of drug-likeness (QED) is 0.738. The SMILES string of the molecule is O=C(CCN1CCCC1)NCC1CCCNC1. The molecular formula is C13H25N3O. The van der Waals surface area contributed by atoms with Gasteiger partial charge >= 0.3 is 0 Å². The van der Waals surface area contributed by atoms with Gasteiger partial charge in [-0.2, -0.15) is 0 Å². The average Bonchev–Trinajstić information content (AvgIpc) is 2.88. The van der Waals surface area contributed by atoms with Gasteiger partial charge in [0.1, 0.15) is 0 Å². The van der Waals surface area contributed by atoms with E-state index in [2.05, 4.69) is 15.5 Å². The molecule has 2 saturated heterocycles. The van der Waals surface area contributed by atoms with Crippen LogP contribution in [0, 0.1) is 5.92 Å². The van der Waals surface area contributed by atoms with E-state index in [4.69, 9.17) is 0 Å². The molecule has 2 heterocycles. The predicted octanol–water partition coefficient (Wildman–Crippen LogP) is 0.588. The maximum Gasteiger partial charge on any atom is 0.221 e. The Balaban J connectivity index is 1.53. The van der Waals surface area contributed by atoms with Crippen molar-refractivity contribution >= 4 is 5.91 Å². The predicted molar refractivity (Wildman–Crippen MR) is 68.9 cm³/mol. The van der Waals surface area contributed by atoms with Gasteiger partial charge in [-0.1, -0.05) is 0 Å². The summed E-state index contributed by atoms with van der Waals surface area (Å²) in [4.78, 5) is 14.1. The van der Waals surface area contributed by atoms with Crippen LogP contribution in [0.5, 0.6) is 0 Å². The number of hydrogen-bond donors (Lipinski definition) is 2. The number of piperidine rings is 1. The molecule has 0 aromatic heterocycles. The van der Waals surface area contributed by atoms with Crippen LogP contribution in [-0.4, -0.2) is 50.1 Å². The van der Waals surface area contributed by atoms with Crippen LogP contribution in [0.2, 0.25) is 0 Å². The molecule has 1 unspecified atom stereocenters. The van der Waals surface area contributed by atoms with E-state index >= 15 is 0 Å². The first-order valence-electron chi connectivity index (χ1n) is 7.04. The maximum absolute atomic E-state index is 11.7. The molecule has 2 aliphatic heterocycles. The van der Waals surface area contributed by atoms with Gasteiger partial charge in [0.05, 0.1) is 0 Å². The molecule has 0 aliphatic carbocycles. The fourth-order valence-corrected chi connectivity index (χ4v) is 2.71. The van der Waals surface area contributed by atoms with Crippen molar-refractivity contribution in [2.45, 2.75) is 32.1 Å². The second-order valence-corrected chi connectivity index (χ2v) is 5.32. The van der Waals surface area contributed by atoms with Crippen molar-refractivity contribution in [1.29, 1.82) is 0 Å². The minimum absolute atomic E-state index is 0.225. The lowest BCUT2D eigenvalue weighted by Crippen LogP contribution is -2.38. The van der Waals surface area contributed by atoms with Gasteiger partial charge in [0.25, 0.3) is 0 Å². The monoisotopic (exact) mass is 239 g/mol. The van der Waals surface area contributed by atoms with Crippen molar-refractivity contribution < 1.29 is 4.79 Å². The lowest BCUT2D eigenvalue weighted by atomic mass is 10.00. The van der Waals surface area contributed by atoms with Crippen molar-refractivity contribution in [3.05, 3.63) is 0 Å². The Morgan fingerprint density at radius 2 is 2.12 bits per heavy atom. The molecular weight excluding hydrogens is 214 g/mol. The molecule has 0 radical (unpaired) electrons. The normalized spacial score (nSPS) is 26.0. The number of carbonyl (C=O) groups is 1. The standard InChI is InChI=1S/C13H25N3O/c17-13(5-9-16-7-1-2-8-16)15-11-12-4-3-6-14-10-12/h12,14H,1-11H2,(H,15,17). The van der Waals surface area contributed by atoms with Crippen LogP contribution < -0.4 is 10.6 Å². The Bertz CT molecular complexity index is 233. The fourth-order valence-electron chi connectivity index (χ4n) is 2.71. The highest BCUT2D eigenvalue weighted by molar-refractivity contribution is 5.76. The fraction of sp³-hybridized carbons (Fsp3) is 0.923. The van der Waals surface area contributed by atoms with Gasteiger partial charge in [-0.05, 0) is 57.8 Å². The first kappa shape index (κ1) is 12.8. The zero-order valence-corrected chi connectivity index (χ0v) is 10.7. The molecule has 2 rings (SSSR count). The van der Waals surface area contributed by atoms with Gasteiger partial charge in [0.15, 0.2) is 0 Å². The van der Waals surface area contributed by atoms with E-state index in [1.54, 1.807) is 0 Å². The molecule has 1 amide bonds.